The van der Waals surface area contributed by atoms with Crippen LogP contribution in [0, 0.1) is 6.92 Å². The fourth-order valence-electron chi connectivity index (χ4n) is 4.16. The molecule has 1 atom stereocenters. The summed E-state index contributed by atoms with van der Waals surface area (Å²) in [7, 11) is 2.03. The summed E-state index contributed by atoms with van der Waals surface area (Å²) in [6.45, 7) is 10.2. The van der Waals surface area contributed by atoms with Crippen LogP contribution in [0.2, 0.25) is 5.02 Å². The minimum atomic E-state index is -0.360. The standard InChI is InChI=1S/C28H35ClN2O/c1-5-31(6-2)19-20-32-27-17-13-25(14-18-27)28(30-4,24-11-7-22(3)8-12-24)21-23-9-15-26(29)16-10-23/h7-18,30H,5-6,19-21H2,1-4H3. The molecule has 3 aromatic rings. The first-order chi connectivity index (χ1) is 15.5. The number of aryl methyl sites for hydroxylation is 1. The largest absolute Gasteiger partial charge is 0.492 e. The predicted molar refractivity (Wildman–Crippen MR) is 136 cm³/mol. The monoisotopic (exact) mass is 450 g/mol. The highest BCUT2D eigenvalue weighted by Gasteiger charge is 2.33. The summed E-state index contributed by atoms with van der Waals surface area (Å²) in [6.07, 6.45) is 0.811. The van der Waals surface area contributed by atoms with Crippen LogP contribution in [0.15, 0.2) is 72.8 Å². The van der Waals surface area contributed by atoms with Crippen LogP contribution in [0.1, 0.15) is 36.1 Å². The molecule has 0 heterocycles. The van der Waals surface area contributed by atoms with Crippen LogP contribution in [0.5, 0.6) is 5.75 Å². The first-order valence-corrected chi connectivity index (χ1v) is 11.8. The Morgan fingerprint density at radius 3 is 1.94 bits per heavy atom. The highest BCUT2D eigenvalue weighted by molar-refractivity contribution is 6.30. The highest BCUT2D eigenvalue weighted by atomic mass is 35.5. The van der Waals surface area contributed by atoms with Gasteiger partial charge in [0.05, 0.1) is 5.54 Å². The number of ether oxygens (including phenoxy) is 1. The van der Waals surface area contributed by atoms with Crippen molar-refractivity contribution >= 4 is 11.6 Å². The van der Waals surface area contributed by atoms with Crippen LogP contribution in [-0.2, 0) is 12.0 Å². The normalized spacial score (nSPS) is 13.2. The molecule has 3 rings (SSSR count). The van der Waals surface area contributed by atoms with Crippen molar-refractivity contribution in [3.8, 4) is 5.75 Å². The maximum absolute atomic E-state index is 6.13. The fraction of sp³-hybridized carbons (Fsp3) is 0.357. The summed E-state index contributed by atoms with van der Waals surface area (Å²) in [6, 6.07) is 25.4. The Morgan fingerprint density at radius 2 is 1.41 bits per heavy atom. The summed E-state index contributed by atoms with van der Waals surface area (Å²) in [5.74, 6) is 0.904. The van der Waals surface area contributed by atoms with Crippen LogP contribution < -0.4 is 10.1 Å². The first kappa shape index (κ1) is 24.3. The second-order valence-electron chi connectivity index (χ2n) is 8.22. The van der Waals surface area contributed by atoms with Crippen molar-refractivity contribution in [2.75, 3.05) is 33.3 Å². The Morgan fingerprint density at radius 1 is 0.844 bits per heavy atom. The van der Waals surface area contributed by atoms with Gasteiger partial charge in [0.1, 0.15) is 12.4 Å². The molecular weight excluding hydrogens is 416 g/mol. The number of likely N-dealkylation sites (N-methyl/N-ethyl adjacent to an activating group) is 2. The molecule has 3 aromatic carbocycles. The van der Waals surface area contributed by atoms with Gasteiger partial charge in [-0.15, -0.1) is 0 Å². The van der Waals surface area contributed by atoms with Crippen LogP contribution in [0.3, 0.4) is 0 Å². The van der Waals surface area contributed by atoms with E-state index in [1.54, 1.807) is 0 Å². The van der Waals surface area contributed by atoms with Gasteiger partial charge in [0.15, 0.2) is 0 Å². The average molecular weight is 451 g/mol. The van der Waals surface area contributed by atoms with Crippen LogP contribution in [0.25, 0.3) is 0 Å². The van der Waals surface area contributed by atoms with Gasteiger partial charge in [0.25, 0.3) is 0 Å². The second kappa shape index (κ2) is 11.5. The number of hydrogen-bond donors (Lipinski definition) is 1. The van der Waals surface area contributed by atoms with Gasteiger partial charge >= 0.3 is 0 Å². The number of hydrogen-bond acceptors (Lipinski definition) is 3. The molecule has 0 spiro atoms. The van der Waals surface area contributed by atoms with E-state index in [1.165, 1.54) is 22.3 Å². The number of nitrogens with one attached hydrogen (secondary N) is 1. The SMILES string of the molecule is CCN(CC)CCOc1ccc(C(Cc2ccc(Cl)cc2)(NC)c2ccc(C)cc2)cc1. The van der Waals surface area contributed by atoms with E-state index in [4.69, 9.17) is 16.3 Å². The number of benzene rings is 3. The topological polar surface area (TPSA) is 24.5 Å². The molecule has 0 aliphatic heterocycles. The van der Waals surface area contributed by atoms with E-state index in [-0.39, 0.29) is 5.54 Å². The third-order valence-electron chi connectivity index (χ3n) is 6.27. The molecule has 1 unspecified atom stereocenters. The van der Waals surface area contributed by atoms with E-state index in [0.29, 0.717) is 6.61 Å². The van der Waals surface area contributed by atoms with Gasteiger partial charge in [-0.2, -0.15) is 0 Å². The minimum absolute atomic E-state index is 0.360. The minimum Gasteiger partial charge on any atom is -0.492 e. The van der Waals surface area contributed by atoms with Crippen molar-refractivity contribution in [1.82, 2.24) is 10.2 Å². The molecule has 0 aliphatic carbocycles. The van der Waals surface area contributed by atoms with E-state index in [9.17, 15) is 0 Å². The maximum atomic E-state index is 6.13. The zero-order valence-electron chi connectivity index (χ0n) is 19.7. The molecular formula is C28H35ClN2O. The molecule has 0 saturated carbocycles. The Hall–Kier alpha value is -2.33. The van der Waals surface area contributed by atoms with Gasteiger partial charge in [-0.05, 0) is 74.4 Å². The maximum Gasteiger partial charge on any atom is 0.119 e. The Labute approximate surface area is 198 Å². The molecule has 0 saturated heterocycles. The Kier molecular flexibility index (Phi) is 8.75. The van der Waals surface area contributed by atoms with Crippen molar-refractivity contribution < 1.29 is 4.74 Å². The lowest BCUT2D eigenvalue weighted by Crippen LogP contribution is -2.43. The number of nitrogens with zero attached hydrogens (tertiary/aromatic N) is 1. The van der Waals surface area contributed by atoms with E-state index in [1.807, 2.05) is 19.2 Å². The van der Waals surface area contributed by atoms with Gasteiger partial charge < -0.3 is 15.0 Å². The van der Waals surface area contributed by atoms with Crippen molar-refractivity contribution in [1.29, 1.82) is 0 Å². The first-order valence-electron chi connectivity index (χ1n) is 11.5. The zero-order valence-corrected chi connectivity index (χ0v) is 20.5. The highest BCUT2D eigenvalue weighted by Crippen LogP contribution is 2.34. The summed E-state index contributed by atoms with van der Waals surface area (Å²) in [5, 5.41) is 4.40. The number of rotatable bonds is 11. The molecule has 0 radical (unpaired) electrons. The van der Waals surface area contributed by atoms with Crippen LogP contribution in [-0.4, -0.2) is 38.2 Å². The van der Waals surface area contributed by atoms with E-state index in [0.717, 1.165) is 36.8 Å². The third-order valence-corrected chi connectivity index (χ3v) is 6.52. The molecule has 3 nitrogen and oxygen atoms in total. The molecule has 1 N–H and O–H groups in total. The molecule has 0 aromatic heterocycles. The molecule has 0 bridgehead atoms. The summed E-state index contributed by atoms with van der Waals surface area (Å²) in [4.78, 5) is 2.36. The quantitative estimate of drug-likeness (QED) is 0.383. The Bertz CT molecular complexity index is 950. The van der Waals surface area contributed by atoms with Crippen molar-refractivity contribution in [3.63, 3.8) is 0 Å². The molecule has 0 aliphatic rings. The van der Waals surface area contributed by atoms with Gasteiger partial charge in [0, 0.05) is 11.6 Å². The van der Waals surface area contributed by atoms with E-state index >= 15 is 0 Å². The van der Waals surface area contributed by atoms with Gasteiger partial charge in [-0.1, -0.05) is 79.5 Å². The average Bonchev–Trinajstić information content (AvgIpc) is 2.83. The lowest BCUT2D eigenvalue weighted by Gasteiger charge is -2.35. The molecule has 0 amide bonds. The molecule has 4 heteroatoms. The van der Waals surface area contributed by atoms with Crippen LogP contribution in [0.4, 0.5) is 0 Å². The predicted octanol–water partition coefficient (Wildman–Crippen LogP) is 6.07. The molecule has 32 heavy (non-hydrogen) atoms. The lowest BCUT2D eigenvalue weighted by atomic mass is 9.78. The lowest BCUT2D eigenvalue weighted by molar-refractivity contribution is 0.222. The second-order valence-corrected chi connectivity index (χ2v) is 8.66. The van der Waals surface area contributed by atoms with Crippen molar-refractivity contribution in [3.05, 3.63) is 100 Å². The molecule has 0 fully saturated rings. The van der Waals surface area contributed by atoms with Gasteiger partial charge in [-0.25, -0.2) is 0 Å². The van der Waals surface area contributed by atoms with E-state index < -0.39 is 0 Å². The smallest absolute Gasteiger partial charge is 0.119 e. The number of halogens is 1. The third kappa shape index (κ3) is 5.92. The Balaban J connectivity index is 1.88. The van der Waals surface area contributed by atoms with E-state index in [2.05, 4.69) is 91.7 Å². The van der Waals surface area contributed by atoms with Gasteiger partial charge in [0.2, 0.25) is 0 Å². The van der Waals surface area contributed by atoms with Crippen molar-refractivity contribution in [2.45, 2.75) is 32.7 Å². The fourth-order valence-corrected chi connectivity index (χ4v) is 4.29. The zero-order chi connectivity index (χ0) is 23.0. The van der Waals surface area contributed by atoms with Crippen LogP contribution >= 0.6 is 11.6 Å². The summed E-state index contributed by atoms with van der Waals surface area (Å²) in [5.41, 5.74) is 4.55. The van der Waals surface area contributed by atoms with Crippen molar-refractivity contribution in [2.24, 2.45) is 0 Å². The summed E-state index contributed by atoms with van der Waals surface area (Å²) >= 11 is 6.13. The molecule has 170 valence electrons. The summed E-state index contributed by atoms with van der Waals surface area (Å²) < 4.78 is 6.02. The van der Waals surface area contributed by atoms with Gasteiger partial charge in [-0.3, -0.25) is 0 Å².